The highest BCUT2D eigenvalue weighted by Gasteiger charge is 2.22. The molecule has 1 rings (SSSR count). The molecule has 1 aromatic heterocycles. The third kappa shape index (κ3) is 5.79. The Balaban J connectivity index is 2.61. The van der Waals surface area contributed by atoms with Gasteiger partial charge in [-0.25, -0.2) is 4.79 Å². The highest BCUT2D eigenvalue weighted by atomic mass is 16.5. The van der Waals surface area contributed by atoms with E-state index < -0.39 is 12.0 Å². The summed E-state index contributed by atoms with van der Waals surface area (Å²) in [6.07, 6.45) is 3.57. The van der Waals surface area contributed by atoms with Crippen LogP contribution in [0.4, 0.5) is 0 Å². The molecule has 0 bridgehead atoms. The zero-order valence-electron chi connectivity index (χ0n) is 12.0. The lowest BCUT2D eigenvalue weighted by Crippen LogP contribution is -2.44. The molecule has 1 heterocycles. The zero-order chi connectivity index (χ0) is 15.0. The maximum Gasteiger partial charge on any atom is 0.328 e. The van der Waals surface area contributed by atoms with E-state index in [0.717, 1.165) is 5.56 Å². The molecule has 0 aliphatic carbocycles. The molecule has 1 aromatic rings. The summed E-state index contributed by atoms with van der Waals surface area (Å²) in [5.74, 6) is -0.843. The van der Waals surface area contributed by atoms with Crippen molar-refractivity contribution in [2.24, 2.45) is 0 Å². The Labute approximate surface area is 118 Å². The average Bonchev–Trinajstić information content (AvgIpc) is 2.44. The number of pyridine rings is 1. The zero-order valence-corrected chi connectivity index (χ0v) is 12.0. The van der Waals surface area contributed by atoms with Gasteiger partial charge in [0.15, 0.2) is 0 Å². The van der Waals surface area contributed by atoms with Crippen LogP contribution in [0.15, 0.2) is 24.5 Å². The van der Waals surface area contributed by atoms with E-state index in [1.54, 1.807) is 18.5 Å². The molecule has 0 spiro atoms. The van der Waals surface area contributed by atoms with Gasteiger partial charge in [-0.2, -0.15) is 0 Å². The van der Waals surface area contributed by atoms with E-state index in [4.69, 9.17) is 9.47 Å². The molecule has 110 valence electrons. The van der Waals surface area contributed by atoms with E-state index in [2.05, 4.69) is 10.3 Å². The Kier molecular flexibility index (Phi) is 6.66. The molecule has 0 unspecified atom stereocenters. The summed E-state index contributed by atoms with van der Waals surface area (Å²) >= 11 is 0. The van der Waals surface area contributed by atoms with E-state index in [9.17, 15) is 9.59 Å². The summed E-state index contributed by atoms with van der Waals surface area (Å²) in [7, 11) is 1.29. The number of rotatable bonds is 7. The molecule has 0 aliphatic heterocycles. The Hall–Kier alpha value is -1.95. The summed E-state index contributed by atoms with van der Waals surface area (Å²) in [5, 5.41) is 2.61. The van der Waals surface area contributed by atoms with Gasteiger partial charge in [0.05, 0.1) is 13.2 Å². The molecule has 0 saturated heterocycles. The molecule has 6 heteroatoms. The van der Waals surface area contributed by atoms with Crippen LogP contribution in [-0.2, 0) is 25.5 Å². The first-order chi connectivity index (χ1) is 9.52. The predicted octanol–water partition coefficient (Wildman–Crippen LogP) is 0.707. The van der Waals surface area contributed by atoms with E-state index in [0.29, 0.717) is 6.42 Å². The predicted molar refractivity (Wildman–Crippen MR) is 73.0 cm³/mol. The van der Waals surface area contributed by atoms with Crippen LogP contribution in [0.5, 0.6) is 0 Å². The Bertz CT molecular complexity index is 434. The largest absolute Gasteiger partial charge is 0.467 e. The summed E-state index contributed by atoms with van der Waals surface area (Å²) in [5.41, 5.74) is 0.841. The average molecular weight is 280 g/mol. The van der Waals surface area contributed by atoms with E-state index >= 15 is 0 Å². The number of methoxy groups -OCH3 is 1. The fraction of sp³-hybridized carbons (Fsp3) is 0.500. The van der Waals surface area contributed by atoms with Crippen molar-refractivity contribution in [3.63, 3.8) is 0 Å². The quantitative estimate of drug-likeness (QED) is 0.744. The van der Waals surface area contributed by atoms with Crippen LogP contribution < -0.4 is 5.32 Å². The van der Waals surface area contributed by atoms with Gasteiger partial charge < -0.3 is 14.8 Å². The number of carbonyl (C=O) groups excluding carboxylic acids is 2. The number of aromatic nitrogens is 1. The number of esters is 1. The first kappa shape index (κ1) is 16.1. The van der Waals surface area contributed by atoms with Gasteiger partial charge in [-0.3, -0.25) is 9.78 Å². The summed E-state index contributed by atoms with van der Waals surface area (Å²) in [4.78, 5) is 27.4. The van der Waals surface area contributed by atoms with Crippen LogP contribution >= 0.6 is 0 Å². The SMILES string of the molecule is COC(=O)[C@@H](Cc1cccnc1)NC(=O)COC(C)C. The molecular weight excluding hydrogens is 260 g/mol. The number of hydrogen-bond donors (Lipinski definition) is 1. The number of ether oxygens (including phenoxy) is 2. The molecule has 1 N–H and O–H groups in total. The molecule has 0 radical (unpaired) electrons. The minimum atomic E-state index is -0.743. The molecule has 0 aromatic carbocycles. The van der Waals surface area contributed by atoms with Crippen molar-refractivity contribution in [1.82, 2.24) is 10.3 Å². The standard InChI is InChI=1S/C14H20N2O4/c1-10(2)20-9-13(17)16-12(14(18)19-3)7-11-5-4-6-15-8-11/h4-6,8,10,12H,7,9H2,1-3H3,(H,16,17)/t12-/m1/s1. The van der Waals surface area contributed by atoms with Crippen molar-refractivity contribution < 1.29 is 19.1 Å². The molecule has 1 atom stereocenters. The second-order valence-corrected chi connectivity index (χ2v) is 4.57. The van der Waals surface area contributed by atoms with Crippen molar-refractivity contribution in [3.8, 4) is 0 Å². The Morgan fingerprint density at radius 1 is 1.40 bits per heavy atom. The topological polar surface area (TPSA) is 77.5 Å². The van der Waals surface area contributed by atoms with Gasteiger partial charge in [0.1, 0.15) is 12.6 Å². The third-order valence-electron chi connectivity index (χ3n) is 2.53. The Morgan fingerprint density at radius 3 is 2.70 bits per heavy atom. The molecule has 1 amide bonds. The van der Waals surface area contributed by atoms with Crippen molar-refractivity contribution in [2.75, 3.05) is 13.7 Å². The monoisotopic (exact) mass is 280 g/mol. The van der Waals surface area contributed by atoms with Crippen LogP contribution in [0.25, 0.3) is 0 Å². The molecule has 0 saturated carbocycles. The number of nitrogens with zero attached hydrogens (tertiary/aromatic N) is 1. The lowest BCUT2D eigenvalue weighted by Gasteiger charge is -2.17. The van der Waals surface area contributed by atoms with E-state index in [1.807, 2.05) is 19.9 Å². The van der Waals surface area contributed by atoms with Crippen molar-refractivity contribution in [1.29, 1.82) is 0 Å². The van der Waals surface area contributed by atoms with Crippen molar-refractivity contribution in [2.45, 2.75) is 32.4 Å². The van der Waals surface area contributed by atoms with E-state index in [-0.39, 0.29) is 18.6 Å². The molecule has 0 fully saturated rings. The van der Waals surface area contributed by atoms with Crippen LogP contribution in [0.1, 0.15) is 19.4 Å². The number of hydrogen-bond acceptors (Lipinski definition) is 5. The fourth-order valence-electron chi connectivity index (χ4n) is 1.57. The maximum absolute atomic E-state index is 11.7. The van der Waals surface area contributed by atoms with Gasteiger partial charge >= 0.3 is 5.97 Å². The molecule has 0 aliphatic rings. The third-order valence-corrected chi connectivity index (χ3v) is 2.53. The number of carbonyl (C=O) groups is 2. The maximum atomic E-state index is 11.7. The van der Waals surface area contributed by atoms with Crippen molar-refractivity contribution >= 4 is 11.9 Å². The second-order valence-electron chi connectivity index (χ2n) is 4.57. The summed E-state index contributed by atoms with van der Waals surface area (Å²) in [6, 6.07) is 2.86. The van der Waals surface area contributed by atoms with Crippen LogP contribution in [0, 0.1) is 0 Å². The van der Waals surface area contributed by atoms with Gasteiger partial charge in [-0.1, -0.05) is 6.07 Å². The fourth-order valence-corrected chi connectivity index (χ4v) is 1.57. The normalized spacial score (nSPS) is 12.0. The number of nitrogens with one attached hydrogen (secondary N) is 1. The second kappa shape index (κ2) is 8.27. The van der Waals surface area contributed by atoms with Gasteiger partial charge in [0.25, 0.3) is 0 Å². The lowest BCUT2D eigenvalue weighted by molar-refractivity contribution is -0.145. The summed E-state index contributed by atoms with van der Waals surface area (Å²) in [6.45, 7) is 3.58. The van der Waals surface area contributed by atoms with Crippen LogP contribution in [-0.4, -0.2) is 42.7 Å². The first-order valence-corrected chi connectivity index (χ1v) is 6.40. The van der Waals surface area contributed by atoms with Crippen molar-refractivity contribution in [3.05, 3.63) is 30.1 Å². The van der Waals surface area contributed by atoms with Gasteiger partial charge in [-0.15, -0.1) is 0 Å². The first-order valence-electron chi connectivity index (χ1n) is 6.40. The summed E-state index contributed by atoms with van der Waals surface area (Å²) < 4.78 is 9.89. The Morgan fingerprint density at radius 2 is 2.15 bits per heavy atom. The van der Waals surface area contributed by atoms with Crippen LogP contribution in [0.3, 0.4) is 0 Å². The molecule has 20 heavy (non-hydrogen) atoms. The number of amides is 1. The molecular formula is C14H20N2O4. The highest BCUT2D eigenvalue weighted by Crippen LogP contribution is 2.03. The highest BCUT2D eigenvalue weighted by molar-refractivity contribution is 5.85. The van der Waals surface area contributed by atoms with Gasteiger partial charge in [-0.05, 0) is 25.5 Å². The van der Waals surface area contributed by atoms with Crippen LogP contribution in [0.2, 0.25) is 0 Å². The minimum absolute atomic E-state index is 0.0457. The van der Waals surface area contributed by atoms with Gasteiger partial charge in [0, 0.05) is 18.8 Å². The molecule has 6 nitrogen and oxygen atoms in total. The van der Waals surface area contributed by atoms with Gasteiger partial charge in [0.2, 0.25) is 5.91 Å². The minimum Gasteiger partial charge on any atom is -0.467 e. The van der Waals surface area contributed by atoms with E-state index in [1.165, 1.54) is 7.11 Å². The smallest absolute Gasteiger partial charge is 0.328 e. The lowest BCUT2D eigenvalue weighted by atomic mass is 10.1.